The van der Waals surface area contributed by atoms with Gasteiger partial charge in [-0.1, -0.05) is 44.2 Å². The Labute approximate surface area is 115 Å². The van der Waals surface area contributed by atoms with E-state index in [1.54, 1.807) is 0 Å². The number of amides is 1. The third-order valence-corrected chi connectivity index (χ3v) is 4.21. The van der Waals surface area contributed by atoms with Gasteiger partial charge in [0.05, 0.1) is 5.92 Å². The number of hydrogen-bond donors (Lipinski definition) is 1. The fourth-order valence-corrected chi connectivity index (χ4v) is 2.82. The van der Waals surface area contributed by atoms with Crippen LogP contribution in [0.25, 0.3) is 0 Å². The summed E-state index contributed by atoms with van der Waals surface area (Å²) in [6.07, 6.45) is 1.12. The van der Waals surface area contributed by atoms with Crippen LogP contribution in [0.15, 0.2) is 30.3 Å². The van der Waals surface area contributed by atoms with Gasteiger partial charge in [0.1, 0.15) is 0 Å². The maximum Gasteiger partial charge on any atom is 0.231 e. The van der Waals surface area contributed by atoms with Crippen molar-refractivity contribution in [2.45, 2.75) is 26.2 Å². The molecule has 3 nitrogen and oxygen atoms in total. The number of nitrogens with two attached hydrogens (primary N) is 1. The highest BCUT2D eigenvalue weighted by Gasteiger charge is 2.31. The topological polar surface area (TPSA) is 46.3 Å². The van der Waals surface area contributed by atoms with Gasteiger partial charge in [0, 0.05) is 19.6 Å². The lowest BCUT2D eigenvalue weighted by atomic mass is 9.95. The number of hydrogen-bond acceptors (Lipinski definition) is 2. The molecule has 3 heteroatoms. The van der Waals surface area contributed by atoms with E-state index in [9.17, 15) is 4.79 Å². The SMILES string of the molecule is CC(C)C1CCN(C(=O)C(CN)c2ccccc2)C1. The van der Waals surface area contributed by atoms with Gasteiger partial charge in [-0.15, -0.1) is 0 Å². The fraction of sp³-hybridized carbons (Fsp3) is 0.562. The Morgan fingerprint density at radius 2 is 2.05 bits per heavy atom. The summed E-state index contributed by atoms with van der Waals surface area (Å²) in [5.74, 6) is 1.29. The van der Waals surface area contributed by atoms with Crippen LogP contribution < -0.4 is 5.73 Å². The highest BCUT2D eigenvalue weighted by atomic mass is 16.2. The zero-order valence-electron chi connectivity index (χ0n) is 11.9. The molecule has 1 heterocycles. The van der Waals surface area contributed by atoms with Crippen molar-refractivity contribution in [3.8, 4) is 0 Å². The molecule has 2 atom stereocenters. The first kappa shape index (κ1) is 14.1. The van der Waals surface area contributed by atoms with Gasteiger partial charge in [-0.25, -0.2) is 0 Å². The molecule has 1 aliphatic rings. The van der Waals surface area contributed by atoms with Crippen molar-refractivity contribution in [3.63, 3.8) is 0 Å². The predicted octanol–water partition coefficient (Wildman–Crippen LogP) is 2.23. The second-order valence-electron chi connectivity index (χ2n) is 5.78. The minimum atomic E-state index is -0.188. The summed E-state index contributed by atoms with van der Waals surface area (Å²) in [5.41, 5.74) is 6.85. The molecular formula is C16H24N2O. The second kappa shape index (κ2) is 6.20. The van der Waals surface area contributed by atoms with Crippen LogP contribution in [-0.4, -0.2) is 30.4 Å². The molecule has 104 valence electrons. The summed E-state index contributed by atoms with van der Waals surface area (Å²) in [7, 11) is 0. The fourth-order valence-electron chi connectivity index (χ4n) is 2.82. The Kier molecular flexibility index (Phi) is 4.59. The number of rotatable bonds is 4. The van der Waals surface area contributed by atoms with Gasteiger partial charge in [0.25, 0.3) is 0 Å². The van der Waals surface area contributed by atoms with E-state index in [1.807, 2.05) is 35.2 Å². The van der Waals surface area contributed by atoms with E-state index in [2.05, 4.69) is 13.8 Å². The van der Waals surface area contributed by atoms with Crippen molar-refractivity contribution in [2.24, 2.45) is 17.6 Å². The summed E-state index contributed by atoms with van der Waals surface area (Å²) in [6, 6.07) is 9.88. The second-order valence-corrected chi connectivity index (χ2v) is 5.78. The van der Waals surface area contributed by atoms with E-state index in [-0.39, 0.29) is 11.8 Å². The highest BCUT2D eigenvalue weighted by Crippen LogP contribution is 2.27. The third-order valence-electron chi connectivity index (χ3n) is 4.21. The van der Waals surface area contributed by atoms with Crippen molar-refractivity contribution in [1.29, 1.82) is 0 Å². The van der Waals surface area contributed by atoms with Gasteiger partial charge in [0.2, 0.25) is 5.91 Å². The number of likely N-dealkylation sites (tertiary alicyclic amines) is 1. The van der Waals surface area contributed by atoms with Gasteiger partial charge in [-0.2, -0.15) is 0 Å². The van der Waals surface area contributed by atoms with Crippen molar-refractivity contribution < 1.29 is 4.79 Å². The molecule has 0 aromatic heterocycles. The summed E-state index contributed by atoms with van der Waals surface area (Å²) in [5, 5.41) is 0. The Morgan fingerprint density at radius 3 is 2.58 bits per heavy atom. The molecule has 1 aliphatic heterocycles. The van der Waals surface area contributed by atoms with E-state index < -0.39 is 0 Å². The lowest BCUT2D eigenvalue weighted by Crippen LogP contribution is -2.36. The smallest absolute Gasteiger partial charge is 0.231 e. The molecule has 1 aromatic rings. The van der Waals surface area contributed by atoms with Crippen LogP contribution in [-0.2, 0) is 4.79 Å². The predicted molar refractivity (Wildman–Crippen MR) is 77.8 cm³/mol. The Bertz CT molecular complexity index is 416. The molecule has 0 spiro atoms. The zero-order chi connectivity index (χ0) is 13.8. The minimum Gasteiger partial charge on any atom is -0.342 e. The number of nitrogens with zero attached hydrogens (tertiary/aromatic N) is 1. The quantitative estimate of drug-likeness (QED) is 0.902. The molecule has 0 aliphatic carbocycles. The first-order valence-electron chi connectivity index (χ1n) is 7.17. The van der Waals surface area contributed by atoms with Crippen LogP contribution >= 0.6 is 0 Å². The van der Waals surface area contributed by atoms with Crippen molar-refractivity contribution in [1.82, 2.24) is 4.90 Å². The van der Waals surface area contributed by atoms with Gasteiger partial charge < -0.3 is 10.6 Å². The van der Waals surface area contributed by atoms with Crippen LogP contribution in [0.1, 0.15) is 31.7 Å². The van der Waals surface area contributed by atoms with Gasteiger partial charge in [-0.3, -0.25) is 4.79 Å². The molecular weight excluding hydrogens is 236 g/mol. The van der Waals surface area contributed by atoms with E-state index in [1.165, 1.54) is 0 Å². The molecule has 1 amide bonds. The van der Waals surface area contributed by atoms with Gasteiger partial charge in [0.15, 0.2) is 0 Å². The average molecular weight is 260 g/mol. The minimum absolute atomic E-state index is 0.188. The zero-order valence-corrected chi connectivity index (χ0v) is 11.9. The van der Waals surface area contributed by atoms with Crippen LogP contribution in [0.3, 0.4) is 0 Å². The molecule has 0 saturated carbocycles. The van der Waals surface area contributed by atoms with Crippen molar-refractivity contribution >= 4 is 5.91 Å². The molecule has 2 N–H and O–H groups in total. The first-order chi connectivity index (χ1) is 9.13. The largest absolute Gasteiger partial charge is 0.342 e. The molecule has 2 unspecified atom stereocenters. The highest BCUT2D eigenvalue weighted by molar-refractivity contribution is 5.84. The Balaban J connectivity index is 2.06. The standard InChI is InChI=1S/C16H24N2O/c1-12(2)14-8-9-18(11-14)16(19)15(10-17)13-6-4-3-5-7-13/h3-7,12,14-15H,8-11,17H2,1-2H3. The van der Waals surface area contributed by atoms with E-state index in [4.69, 9.17) is 5.73 Å². The molecule has 1 saturated heterocycles. The summed E-state index contributed by atoms with van der Waals surface area (Å²) >= 11 is 0. The maximum absolute atomic E-state index is 12.6. The molecule has 2 rings (SSSR count). The maximum atomic E-state index is 12.6. The number of benzene rings is 1. The Hall–Kier alpha value is -1.35. The van der Waals surface area contributed by atoms with Crippen LogP contribution in [0.2, 0.25) is 0 Å². The van der Waals surface area contributed by atoms with E-state index in [0.29, 0.717) is 18.4 Å². The number of carbonyl (C=O) groups is 1. The monoisotopic (exact) mass is 260 g/mol. The summed E-state index contributed by atoms with van der Waals surface area (Å²) in [4.78, 5) is 14.6. The van der Waals surface area contributed by atoms with Gasteiger partial charge in [-0.05, 0) is 23.8 Å². The molecule has 19 heavy (non-hydrogen) atoms. The summed E-state index contributed by atoms with van der Waals surface area (Å²) in [6.45, 7) is 6.61. The lowest BCUT2D eigenvalue weighted by molar-refractivity contribution is -0.131. The van der Waals surface area contributed by atoms with Crippen LogP contribution in [0, 0.1) is 11.8 Å². The first-order valence-corrected chi connectivity index (χ1v) is 7.17. The molecule has 0 radical (unpaired) electrons. The van der Waals surface area contributed by atoms with E-state index >= 15 is 0 Å². The molecule has 1 fully saturated rings. The van der Waals surface area contributed by atoms with Gasteiger partial charge >= 0.3 is 0 Å². The van der Waals surface area contributed by atoms with Crippen molar-refractivity contribution in [2.75, 3.05) is 19.6 Å². The Morgan fingerprint density at radius 1 is 1.37 bits per heavy atom. The molecule has 1 aromatic carbocycles. The summed E-state index contributed by atoms with van der Waals surface area (Å²) < 4.78 is 0. The van der Waals surface area contributed by atoms with Crippen LogP contribution in [0.5, 0.6) is 0 Å². The van der Waals surface area contributed by atoms with Crippen molar-refractivity contribution in [3.05, 3.63) is 35.9 Å². The lowest BCUT2D eigenvalue weighted by Gasteiger charge is -2.23. The number of carbonyl (C=O) groups excluding carboxylic acids is 1. The average Bonchev–Trinajstić information content (AvgIpc) is 2.90. The van der Waals surface area contributed by atoms with E-state index in [0.717, 1.165) is 25.1 Å². The normalized spacial score (nSPS) is 20.8. The third kappa shape index (κ3) is 3.16. The van der Waals surface area contributed by atoms with Crippen LogP contribution in [0.4, 0.5) is 0 Å². The molecule has 0 bridgehead atoms.